The van der Waals surface area contributed by atoms with Gasteiger partial charge in [0.1, 0.15) is 5.52 Å². The fourth-order valence-corrected chi connectivity index (χ4v) is 4.49. The predicted molar refractivity (Wildman–Crippen MR) is 115 cm³/mol. The Morgan fingerprint density at radius 1 is 1.13 bits per heavy atom. The molecule has 5 rings (SSSR count). The summed E-state index contributed by atoms with van der Waals surface area (Å²) in [6.07, 6.45) is 5.02. The Kier molecular flexibility index (Phi) is 5.29. The van der Waals surface area contributed by atoms with Gasteiger partial charge in [0, 0.05) is 56.9 Å². The number of halogens is 1. The highest BCUT2D eigenvalue weighted by molar-refractivity contribution is 6.33. The second-order valence-corrected chi connectivity index (χ2v) is 8.28. The Bertz CT molecular complexity index is 1170. The maximum Gasteiger partial charge on any atom is 0.276 e. The molecule has 8 nitrogen and oxygen atoms in total. The van der Waals surface area contributed by atoms with Gasteiger partial charge in [-0.3, -0.25) is 9.59 Å². The summed E-state index contributed by atoms with van der Waals surface area (Å²) >= 11 is 6.26. The molecular weight excluding hydrogens is 420 g/mol. The molecule has 2 saturated heterocycles. The van der Waals surface area contributed by atoms with Crippen molar-refractivity contribution in [1.29, 1.82) is 0 Å². The van der Waals surface area contributed by atoms with Crippen molar-refractivity contribution in [1.82, 2.24) is 19.1 Å². The van der Waals surface area contributed by atoms with Crippen molar-refractivity contribution in [3.05, 3.63) is 58.1 Å². The van der Waals surface area contributed by atoms with E-state index in [1.54, 1.807) is 33.6 Å². The van der Waals surface area contributed by atoms with E-state index in [4.69, 9.17) is 21.1 Å². The highest BCUT2D eigenvalue weighted by Crippen LogP contribution is 2.31. The van der Waals surface area contributed by atoms with Gasteiger partial charge in [-0.1, -0.05) is 29.8 Å². The average Bonchev–Trinajstić information content (AvgIpc) is 3.42. The normalized spacial score (nSPS) is 18.2. The van der Waals surface area contributed by atoms with Crippen LogP contribution in [0, 0.1) is 0 Å². The summed E-state index contributed by atoms with van der Waals surface area (Å²) in [6, 6.07) is 9.11. The zero-order chi connectivity index (χ0) is 21.4. The topological polar surface area (TPSA) is 78.1 Å². The van der Waals surface area contributed by atoms with Crippen LogP contribution < -0.4 is 5.56 Å². The van der Waals surface area contributed by atoms with Gasteiger partial charge in [0.15, 0.2) is 5.79 Å². The van der Waals surface area contributed by atoms with Crippen molar-refractivity contribution in [2.45, 2.75) is 31.6 Å². The lowest BCUT2D eigenvalue weighted by Gasteiger charge is -2.37. The van der Waals surface area contributed by atoms with E-state index in [0.717, 1.165) is 5.56 Å². The van der Waals surface area contributed by atoms with Crippen molar-refractivity contribution >= 4 is 23.0 Å². The third kappa shape index (κ3) is 3.86. The predicted octanol–water partition coefficient (Wildman–Crippen LogP) is 2.57. The van der Waals surface area contributed by atoms with E-state index in [1.807, 2.05) is 23.1 Å². The smallest absolute Gasteiger partial charge is 0.276 e. The number of ether oxygens (including phenoxy) is 2. The minimum absolute atomic E-state index is 0.0323. The maximum absolute atomic E-state index is 12.9. The number of hydrogen-bond acceptors (Lipinski definition) is 5. The summed E-state index contributed by atoms with van der Waals surface area (Å²) in [5.41, 5.74) is 1.66. The van der Waals surface area contributed by atoms with Gasteiger partial charge in [-0.2, -0.15) is 5.10 Å². The molecule has 4 heterocycles. The number of aromatic nitrogens is 3. The number of rotatable bonds is 4. The quantitative estimate of drug-likeness (QED) is 0.620. The number of amides is 1. The van der Waals surface area contributed by atoms with Crippen molar-refractivity contribution in [3.63, 3.8) is 0 Å². The first-order valence-electron chi connectivity index (χ1n) is 10.4. The third-order valence-electron chi connectivity index (χ3n) is 6.01. The van der Waals surface area contributed by atoms with Crippen molar-refractivity contribution in [2.24, 2.45) is 0 Å². The molecular formula is C22H23ClN4O4. The number of aryl methyl sites for hydroxylation is 1. The Hall–Kier alpha value is -2.68. The standard InChI is InChI=1S/C22H23ClN4O4/c23-17-4-2-1-3-16(17)18-15-19-21(29)26(11-12-27(19)24-18)8-5-20(28)25-9-6-22(7-10-25)30-13-14-31-22/h1-4,11-12,15H,5-10,13-14H2. The minimum Gasteiger partial charge on any atom is -0.347 e. The number of benzene rings is 1. The van der Waals surface area contributed by atoms with E-state index in [0.29, 0.717) is 61.9 Å². The molecule has 0 N–H and O–H groups in total. The Labute approximate surface area is 183 Å². The Morgan fingerprint density at radius 3 is 2.61 bits per heavy atom. The minimum atomic E-state index is -0.500. The molecule has 162 valence electrons. The number of nitrogens with zero attached hydrogens (tertiary/aromatic N) is 4. The number of carbonyl (C=O) groups excluding carboxylic acids is 1. The van der Waals surface area contributed by atoms with Crippen molar-refractivity contribution in [2.75, 3.05) is 26.3 Å². The molecule has 1 aromatic carbocycles. The number of hydrogen-bond donors (Lipinski definition) is 0. The molecule has 0 saturated carbocycles. The molecule has 9 heteroatoms. The van der Waals surface area contributed by atoms with Crippen LogP contribution in [0.1, 0.15) is 19.3 Å². The van der Waals surface area contributed by atoms with Gasteiger partial charge in [0.2, 0.25) is 5.91 Å². The van der Waals surface area contributed by atoms with Crippen LogP contribution in [0.5, 0.6) is 0 Å². The van der Waals surface area contributed by atoms with Gasteiger partial charge in [-0.25, -0.2) is 4.52 Å². The Morgan fingerprint density at radius 2 is 1.87 bits per heavy atom. The summed E-state index contributed by atoms with van der Waals surface area (Å²) in [5.74, 6) is -0.468. The van der Waals surface area contributed by atoms with E-state index in [2.05, 4.69) is 5.10 Å². The van der Waals surface area contributed by atoms with Gasteiger partial charge in [-0.15, -0.1) is 0 Å². The lowest BCUT2D eigenvalue weighted by Crippen LogP contribution is -2.47. The Balaban J connectivity index is 1.27. The van der Waals surface area contributed by atoms with Gasteiger partial charge in [0.05, 0.1) is 23.9 Å². The first-order valence-corrected chi connectivity index (χ1v) is 10.8. The first-order chi connectivity index (χ1) is 15.0. The lowest BCUT2D eigenvalue weighted by atomic mass is 10.0. The molecule has 31 heavy (non-hydrogen) atoms. The second-order valence-electron chi connectivity index (χ2n) is 7.87. The van der Waals surface area contributed by atoms with Gasteiger partial charge < -0.3 is 18.9 Å². The van der Waals surface area contributed by atoms with Crippen molar-refractivity contribution in [3.8, 4) is 11.3 Å². The zero-order valence-electron chi connectivity index (χ0n) is 17.0. The van der Waals surface area contributed by atoms with Crippen LogP contribution in [0.15, 0.2) is 47.5 Å². The van der Waals surface area contributed by atoms with E-state index in [-0.39, 0.29) is 17.9 Å². The number of fused-ring (bicyclic) bond motifs is 1. The number of likely N-dealkylation sites (tertiary alicyclic amines) is 1. The van der Waals surface area contributed by atoms with Gasteiger partial charge in [-0.05, 0) is 12.1 Å². The third-order valence-corrected chi connectivity index (χ3v) is 6.34. The summed E-state index contributed by atoms with van der Waals surface area (Å²) in [6.45, 7) is 2.76. The molecule has 0 bridgehead atoms. The molecule has 2 fully saturated rings. The van der Waals surface area contributed by atoms with Crippen LogP contribution in [-0.4, -0.2) is 57.1 Å². The summed E-state index contributed by atoms with van der Waals surface area (Å²) in [4.78, 5) is 27.4. The molecule has 0 atom stereocenters. The molecule has 1 amide bonds. The van der Waals surface area contributed by atoms with Gasteiger partial charge >= 0.3 is 0 Å². The average molecular weight is 443 g/mol. The zero-order valence-corrected chi connectivity index (χ0v) is 17.8. The van der Waals surface area contributed by atoms with Crippen LogP contribution in [-0.2, 0) is 20.8 Å². The summed E-state index contributed by atoms with van der Waals surface area (Å²) in [7, 11) is 0. The van der Waals surface area contributed by atoms with Gasteiger partial charge in [0.25, 0.3) is 5.56 Å². The fourth-order valence-electron chi connectivity index (χ4n) is 4.26. The summed E-state index contributed by atoms with van der Waals surface area (Å²) in [5, 5.41) is 5.05. The molecule has 0 aliphatic carbocycles. The van der Waals surface area contributed by atoms with Crippen LogP contribution >= 0.6 is 11.6 Å². The summed E-state index contributed by atoms with van der Waals surface area (Å²) < 4.78 is 14.5. The maximum atomic E-state index is 12.9. The van der Waals surface area contributed by atoms with Crippen LogP contribution in [0.2, 0.25) is 5.02 Å². The van der Waals surface area contributed by atoms with Crippen LogP contribution in [0.3, 0.4) is 0 Å². The van der Waals surface area contributed by atoms with E-state index in [1.165, 1.54) is 0 Å². The van der Waals surface area contributed by atoms with Crippen LogP contribution in [0.4, 0.5) is 0 Å². The highest BCUT2D eigenvalue weighted by Gasteiger charge is 2.40. The highest BCUT2D eigenvalue weighted by atomic mass is 35.5. The molecule has 0 unspecified atom stereocenters. The molecule has 2 aliphatic rings. The molecule has 0 radical (unpaired) electrons. The SMILES string of the molecule is O=C(CCn1ccn2nc(-c3ccccc3Cl)cc2c1=O)N1CCC2(CC1)OCCO2. The van der Waals surface area contributed by atoms with Crippen LogP contribution in [0.25, 0.3) is 16.8 Å². The monoisotopic (exact) mass is 442 g/mol. The number of carbonyl (C=O) groups is 1. The van der Waals surface area contributed by atoms with E-state index >= 15 is 0 Å². The van der Waals surface area contributed by atoms with E-state index < -0.39 is 5.79 Å². The van der Waals surface area contributed by atoms with Crippen molar-refractivity contribution < 1.29 is 14.3 Å². The molecule has 3 aromatic rings. The molecule has 1 spiro atoms. The number of piperidine rings is 1. The fraction of sp³-hybridized carbons (Fsp3) is 0.409. The van der Waals surface area contributed by atoms with E-state index in [9.17, 15) is 9.59 Å². The molecule has 2 aliphatic heterocycles. The molecule has 2 aromatic heterocycles. The largest absolute Gasteiger partial charge is 0.347 e. The second kappa shape index (κ2) is 8.11. The lowest BCUT2D eigenvalue weighted by molar-refractivity contribution is -0.187. The first kappa shape index (κ1) is 20.2.